The van der Waals surface area contributed by atoms with Crippen LogP contribution in [0.5, 0.6) is 0 Å². The zero-order valence-corrected chi connectivity index (χ0v) is 15.6. The molecule has 0 saturated carbocycles. The van der Waals surface area contributed by atoms with Gasteiger partial charge in [0.15, 0.2) is 11.6 Å². The number of ether oxygens (including phenoxy) is 1. The molecule has 26 heavy (non-hydrogen) atoms. The maximum absolute atomic E-state index is 13.8. The molecule has 0 spiro atoms. The molecule has 1 amide bonds. The summed E-state index contributed by atoms with van der Waals surface area (Å²) in [5.74, 6) is -3.73. The van der Waals surface area contributed by atoms with Crippen LogP contribution in [0.3, 0.4) is 0 Å². The Morgan fingerprint density at radius 2 is 1.96 bits per heavy atom. The first-order chi connectivity index (χ1) is 12.3. The van der Waals surface area contributed by atoms with Gasteiger partial charge in [-0.15, -0.1) is 0 Å². The predicted molar refractivity (Wildman–Crippen MR) is 93.7 cm³/mol. The van der Waals surface area contributed by atoms with Crippen molar-refractivity contribution in [1.82, 2.24) is 9.97 Å². The normalized spacial score (nSPS) is 10.3. The molecule has 0 atom stereocenters. The zero-order chi connectivity index (χ0) is 19.3. The van der Waals surface area contributed by atoms with Crippen molar-refractivity contribution in [2.24, 2.45) is 0 Å². The van der Waals surface area contributed by atoms with Crippen molar-refractivity contribution < 1.29 is 23.1 Å². The van der Waals surface area contributed by atoms with Gasteiger partial charge in [0.05, 0.1) is 17.8 Å². The summed E-state index contributed by atoms with van der Waals surface area (Å²) < 4.78 is 32.2. The minimum atomic E-state index is -1.10. The van der Waals surface area contributed by atoms with Crippen LogP contribution in [0.1, 0.15) is 12.5 Å². The smallest absolute Gasteiger partial charge is 0.397 e. The third-order valence-corrected chi connectivity index (χ3v) is 3.80. The van der Waals surface area contributed by atoms with Crippen LogP contribution >= 0.6 is 27.5 Å². The van der Waals surface area contributed by atoms with E-state index in [-0.39, 0.29) is 35.4 Å². The van der Waals surface area contributed by atoms with Crippen LogP contribution < -0.4 is 10.6 Å². The number of esters is 1. The number of aromatic nitrogens is 2. The van der Waals surface area contributed by atoms with E-state index in [2.05, 4.69) is 41.3 Å². The highest BCUT2D eigenvalue weighted by molar-refractivity contribution is 9.10. The molecule has 1 heterocycles. The molecule has 0 bridgehead atoms. The van der Waals surface area contributed by atoms with Gasteiger partial charge in [-0.1, -0.05) is 11.6 Å². The van der Waals surface area contributed by atoms with Crippen molar-refractivity contribution in [1.29, 1.82) is 0 Å². The molecule has 0 unspecified atom stereocenters. The van der Waals surface area contributed by atoms with Crippen LogP contribution in [-0.4, -0.2) is 28.5 Å². The summed E-state index contributed by atoms with van der Waals surface area (Å²) in [7, 11) is 0. The fraction of sp³-hybridized carbons (Fsp3) is 0.200. The molecule has 0 radical (unpaired) electrons. The van der Waals surface area contributed by atoms with Crippen LogP contribution in [-0.2, 0) is 20.9 Å². The van der Waals surface area contributed by atoms with Gasteiger partial charge in [0.1, 0.15) is 16.2 Å². The number of anilines is 2. The topological polar surface area (TPSA) is 93.2 Å². The highest BCUT2D eigenvalue weighted by atomic mass is 79.9. The van der Waals surface area contributed by atoms with Crippen molar-refractivity contribution in [2.75, 3.05) is 17.2 Å². The molecule has 11 heteroatoms. The van der Waals surface area contributed by atoms with Crippen LogP contribution in [0.25, 0.3) is 0 Å². The van der Waals surface area contributed by atoms with Crippen LogP contribution in [0.15, 0.2) is 22.9 Å². The van der Waals surface area contributed by atoms with Gasteiger partial charge in [0, 0.05) is 12.1 Å². The number of hydrogen-bond donors (Lipinski definition) is 2. The van der Waals surface area contributed by atoms with Crippen LogP contribution in [0.2, 0.25) is 5.02 Å². The molecule has 0 aliphatic rings. The predicted octanol–water partition coefficient (Wildman–Crippen LogP) is 3.28. The second-order valence-electron chi connectivity index (χ2n) is 4.74. The molecule has 2 N–H and O–H groups in total. The van der Waals surface area contributed by atoms with E-state index >= 15 is 0 Å². The van der Waals surface area contributed by atoms with E-state index in [9.17, 15) is 18.4 Å². The Balaban J connectivity index is 2.22. The lowest BCUT2D eigenvalue weighted by molar-refractivity contribution is -0.152. The first kappa shape index (κ1) is 20.0. The number of nitrogens with zero attached hydrogens (tertiary/aromatic N) is 2. The first-order valence-corrected chi connectivity index (χ1v) is 8.37. The number of amides is 1. The summed E-state index contributed by atoms with van der Waals surface area (Å²) in [4.78, 5) is 31.1. The van der Waals surface area contributed by atoms with Gasteiger partial charge >= 0.3 is 11.9 Å². The molecule has 2 aromatic rings. The second-order valence-corrected chi connectivity index (χ2v) is 5.93. The molecule has 1 aromatic heterocycles. The largest absolute Gasteiger partial charge is 0.459 e. The molecule has 7 nitrogen and oxygen atoms in total. The Morgan fingerprint density at radius 3 is 2.65 bits per heavy atom. The van der Waals surface area contributed by atoms with E-state index in [1.807, 2.05) is 0 Å². The van der Waals surface area contributed by atoms with Crippen molar-refractivity contribution >= 4 is 51.0 Å². The van der Waals surface area contributed by atoms with Crippen molar-refractivity contribution in [3.8, 4) is 0 Å². The molecule has 2 rings (SSSR count). The quantitative estimate of drug-likeness (QED) is 0.413. The number of hydrogen-bond acceptors (Lipinski definition) is 6. The summed E-state index contributed by atoms with van der Waals surface area (Å²) in [5.41, 5.74) is -0.129. The minimum absolute atomic E-state index is 0.0109. The lowest BCUT2D eigenvalue weighted by Gasteiger charge is -2.12. The SMILES string of the molecule is CCOC(=O)C(=O)Nc1ncc(Br)nc1NCc1c(F)ccc(F)c1Cl. The summed E-state index contributed by atoms with van der Waals surface area (Å²) in [5, 5.41) is 4.54. The number of rotatable bonds is 5. The number of carbonyl (C=O) groups excluding carboxylic acids is 2. The summed E-state index contributed by atoms with van der Waals surface area (Å²) in [6.07, 6.45) is 1.28. The molecule has 138 valence electrons. The summed E-state index contributed by atoms with van der Waals surface area (Å²) in [6, 6.07) is 1.85. The Bertz CT molecular complexity index is 854. The third kappa shape index (κ3) is 4.85. The standard InChI is InChI=1S/C15H12BrClF2N4O3/c1-2-26-15(25)14(24)23-13-12(22-10(16)6-21-13)20-5-7-8(18)3-4-9(19)11(7)17/h3-4,6H,2,5H2,1H3,(H,20,22)(H,21,23,24). The van der Waals surface area contributed by atoms with Gasteiger partial charge in [-0.25, -0.2) is 23.5 Å². The fourth-order valence-corrected chi connectivity index (χ4v) is 2.34. The fourth-order valence-electron chi connectivity index (χ4n) is 1.84. The zero-order valence-electron chi connectivity index (χ0n) is 13.3. The lowest BCUT2D eigenvalue weighted by atomic mass is 10.2. The van der Waals surface area contributed by atoms with Gasteiger partial charge in [0.2, 0.25) is 0 Å². The van der Waals surface area contributed by atoms with Gasteiger partial charge < -0.3 is 10.1 Å². The van der Waals surface area contributed by atoms with E-state index in [4.69, 9.17) is 11.6 Å². The lowest BCUT2D eigenvalue weighted by Crippen LogP contribution is -2.26. The van der Waals surface area contributed by atoms with Gasteiger partial charge in [-0.05, 0) is 35.0 Å². The average Bonchev–Trinajstić information content (AvgIpc) is 2.60. The van der Waals surface area contributed by atoms with Crippen LogP contribution in [0.4, 0.5) is 20.4 Å². The van der Waals surface area contributed by atoms with Gasteiger partial charge in [0.25, 0.3) is 0 Å². The molecule has 0 fully saturated rings. The van der Waals surface area contributed by atoms with E-state index in [1.165, 1.54) is 6.20 Å². The van der Waals surface area contributed by atoms with Crippen molar-refractivity contribution in [2.45, 2.75) is 13.5 Å². The average molecular weight is 450 g/mol. The summed E-state index contributed by atoms with van der Waals surface area (Å²) in [6.45, 7) is 1.34. The third-order valence-electron chi connectivity index (χ3n) is 3.01. The number of halogens is 4. The van der Waals surface area contributed by atoms with Crippen molar-refractivity contribution in [3.05, 3.63) is 45.2 Å². The molecule has 0 aliphatic heterocycles. The number of benzene rings is 1. The summed E-state index contributed by atoms with van der Waals surface area (Å²) >= 11 is 8.87. The Kier molecular flexibility index (Phi) is 6.81. The van der Waals surface area contributed by atoms with Crippen molar-refractivity contribution in [3.63, 3.8) is 0 Å². The maximum Gasteiger partial charge on any atom is 0.397 e. The second kappa shape index (κ2) is 8.86. The number of nitrogens with one attached hydrogen (secondary N) is 2. The molecule has 0 aliphatic carbocycles. The monoisotopic (exact) mass is 448 g/mol. The van der Waals surface area contributed by atoms with Gasteiger partial charge in [-0.3, -0.25) is 10.1 Å². The molecular formula is C15H12BrClF2N4O3. The van der Waals surface area contributed by atoms with Gasteiger partial charge in [-0.2, -0.15) is 0 Å². The van der Waals surface area contributed by atoms with E-state index in [1.54, 1.807) is 6.92 Å². The number of carbonyl (C=O) groups is 2. The van der Waals surface area contributed by atoms with E-state index in [0.717, 1.165) is 12.1 Å². The molecule has 0 saturated heterocycles. The molecular weight excluding hydrogens is 438 g/mol. The van der Waals surface area contributed by atoms with E-state index < -0.39 is 23.5 Å². The van der Waals surface area contributed by atoms with Crippen LogP contribution in [0, 0.1) is 11.6 Å². The highest BCUT2D eigenvalue weighted by Gasteiger charge is 2.19. The Labute approximate surface area is 160 Å². The van der Waals surface area contributed by atoms with E-state index in [0.29, 0.717) is 4.60 Å². The Hall–Kier alpha value is -2.33. The highest BCUT2D eigenvalue weighted by Crippen LogP contribution is 2.25. The Morgan fingerprint density at radius 1 is 1.27 bits per heavy atom. The maximum atomic E-state index is 13.8. The molecule has 1 aromatic carbocycles. The first-order valence-electron chi connectivity index (χ1n) is 7.20. The minimum Gasteiger partial charge on any atom is -0.459 e.